The molecule has 4 unspecified atom stereocenters. The molecule has 6 heterocycles. The number of morpholine rings is 1. The second-order valence-corrected chi connectivity index (χ2v) is 11.4. The summed E-state index contributed by atoms with van der Waals surface area (Å²) in [5.74, 6) is 7.29. The third kappa shape index (κ3) is 4.93. The number of ether oxygens (including phenoxy) is 1. The fraction of sp³-hybridized carbons (Fsp3) is 0.452. The van der Waals surface area contributed by atoms with Crippen molar-refractivity contribution >= 4 is 17.2 Å². The number of hydrogen-bond acceptors (Lipinski definition) is 9. The molecule has 206 valence electrons. The maximum atomic E-state index is 10.3. The number of phenolic OH excluding ortho intramolecular Hbond substituents is 1. The highest BCUT2D eigenvalue weighted by molar-refractivity contribution is 5.74. The Hall–Kier alpha value is -3.87. The fourth-order valence-electron chi connectivity index (χ4n) is 6.91. The van der Waals surface area contributed by atoms with Crippen molar-refractivity contribution < 1.29 is 9.84 Å². The van der Waals surface area contributed by atoms with E-state index in [1.54, 1.807) is 12.1 Å². The first-order valence-electron chi connectivity index (χ1n) is 14.4. The predicted molar refractivity (Wildman–Crippen MR) is 155 cm³/mol. The molecule has 4 bridgehead atoms. The van der Waals surface area contributed by atoms with Crippen LogP contribution in [0.1, 0.15) is 37.8 Å². The quantitative estimate of drug-likeness (QED) is 0.485. The number of phenols is 1. The van der Waals surface area contributed by atoms with Crippen LogP contribution in [-0.4, -0.2) is 82.2 Å². The smallest absolute Gasteiger partial charge is 0.169 e. The number of rotatable bonds is 4. The highest BCUT2D eigenvalue weighted by Gasteiger charge is 2.41. The van der Waals surface area contributed by atoms with Gasteiger partial charge < -0.3 is 25.4 Å². The van der Waals surface area contributed by atoms with E-state index in [4.69, 9.17) is 10.5 Å². The molecule has 3 aromatic rings. The van der Waals surface area contributed by atoms with Crippen LogP contribution in [0.5, 0.6) is 5.75 Å². The Morgan fingerprint density at radius 1 is 0.950 bits per heavy atom. The van der Waals surface area contributed by atoms with Crippen LogP contribution in [0.2, 0.25) is 0 Å². The van der Waals surface area contributed by atoms with Crippen LogP contribution >= 0.6 is 0 Å². The number of benzene rings is 1. The molecule has 9 nitrogen and oxygen atoms in total. The minimum atomic E-state index is 0.182. The molecule has 9 heteroatoms. The van der Waals surface area contributed by atoms with E-state index in [2.05, 4.69) is 53.9 Å². The predicted octanol–water partition coefficient (Wildman–Crippen LogP) is 3.29. The van der Waals surface area contributed by atoms with Gasteiger partial charge in [0.1, 0.15) is 11.4 Å². The van der Waals surface area contributed by atoms with Crippen molar-refractivity contribution in [2.75, 3.05) is 48.3 Å². The molecule has 0 spiro atoms. The van der Waals surface area contributed by atoms with Gasteiger partial charge in [-0.25, -0.2) is 4.98 Å². The molecule has 7 rings (SSSR count). The Morgan fingerprint density at radius 2 is 1.73 bits per heavy atom. The van der Waals surface area contributed by atoms with Crippen LogP contribution in [-0.2, 0) is 4.74 Å². The third-order valence-electron chi connectivity index (χ3n) is 8.73. The molecule has 40 heavy (non-hydrogen) atoms. The molecule has 0 radical (unpaired) electrons. The maximum absolute atomic E-state index is 10.3. The average molecular weight is 538 g/mol. The zero-order valence-electron chi connectivity index (χ0n) is 22.6. The second kappa shape index (κ2) is 10.6. The summed E-state index contributed by atoms with van der Waals surface area (Å²) >= 11 is 0. The van der Waals surface area contributed by atoms with E-state index < -0.39 is 0 Å². The number of piperazine rings is 1. The third-order valence-corrected chi connectivity index (χ3v) is 8.73. The number of nitrogen functional groups attached to an aromatic ring is 1. The molecule has 4 fully saturated rings. The molecule has 1 aromatic carbocycles. The van der Waals surface area contributed by atoms with Crippen molar-refractivity contribution in [3.05, 3.63) is 54.4 Å². The van der Waals surface area contributed by atoms with Crippen molar-refractivity contribution in [2.45, 2.75) is 56.4 Å². The number of fused-ring (bicyclic) bond motifs is 4. The van der Waals surface area contributed by atoms with Crippen LogP contribution < -0.4 is 15.5 Å². The van der Waals surface area contributed by atoms with Crippen LogP contribution in [0.25, 0.3) is 11.3 Å². The zero-order chi connectivity index (χ0) is 27.1. The largest absolute Gasteiger partial charge is 0.507 e. The number of para-hydroxylation sites is 1. The number of aromatic hydroxyl groups is 1. The molecule has 0 aliphatic carbocycles. The first-order valence-corrected chi connectivity index (χ1v) is 14.4. The van der Waals surface area contributed by atoms with E-state index in [1.807, 2.05) is 24.4 Å². The summed E-state index contributed by atoms with van der Waals surface area (Å²) in [6.45, 7) is 4.41. The van der Waals surface area contributed by atoms with Crippen LogP contribution in [0.4, 0.5) is 17.2 Å². The normalized spacial score (nSPS) is 25.9. The van der Waals surface area contributed by atoms with Crippen LogP contribution in [0, 0.1) is 11.8 Å². The molecule has 0 saturated carbocycles. The highest BCUT2D eigenvalue weighted by Crippen LogP contribution is 2.39. The van der Waals surface area contributed by atoms with Gasteiger partial charge in [0.15, 0.2) is 5.82 Å². The first kappa shape index (κ1) is 25.1. The Balaban J connectivity index is 1.05. The SMILES string of the molecule is Nc1nnc(-c2ccccc2O)cc1N1CC2CCC(C1)N2c1ccnc(C#CCN2CC3CCCC(C2)O3)c1. The molecule has 2 aromatic heterocycles. The summed E-state index contributed by atoms with van der Waals surface area (Å²) in [6, 6.07) is 14.1. The van der Waals surface area contributed by atoms with Crippen molar-refractivity contribution in [1.82, 2.24) is 20.1 Å². The lowest BCUT2D eigenvalue weighted by Crippen LogP contribution is -2.54. The summed E-state index contributed by atoms with van der Waals surface area (Å²) in [5.41, 5.74) is 10.5. The molecule has 0 amide bonds. The van der Waals surface area contributed by atoms with E-state index >= 15 is 0 Å². The lowest BCUT2D eigenvalue weighted by Gasteiger charge is -2.43. The summed E-state index contributed by atoms with van der Waals surface area (Å²) in [6.07, 6.45) is 8.49. The van der Waals surface area contributed by atoms with Gasteiger partial charge in [-0.05, 0) is 68.4 Å². The molecule has 3 N–H and O–H groups in total. The number of nitrogens with two attached hydrogens (primary N) is 1. The minimum absolute atomic E-state index is 0.182. The monoisotopic (exact) mass is 537 g/mol. The molecule has 4 saturated heterocycles. The standard InChI is InChI=1S/C31H35N7O2/c32-31-29(16-28(34-35-31)27-8-1-2-9-30(27)39)37-17-23-10-11-24(18-37)38(23)22-12-13-33-21(15-22)5-4-14-36-19-25-6-3-7-26(20-36)40-25/h1-2,8-9,12-13,15-16,23-26,39H,3,6-7,10-11,14,17-20H2,(H2,32,35). The van der Waals surface area contributed by atoms with Gasteiger partial charge >= 0.3 is 0 Å². The summed E-state index contributed by atoms with van der Waals surface area (Å²) in [4.78, 5) is 11.9. The van der Waals surface area contributed by atoms with Gasteiger partial charge in [-0.2, -0.15) is 0 Å². The molecule has 4 atom stereocenters. The van der Waals surface area contributed by atoms with Crippen LogP contribution in [0.3, 0.4) is 0 Å². The van der Waals surface area contributed by atoms with Gasteiger partial charge in [0.25, 0.3) is 0 Å². The lowest BCUT2D eigenvalue weighted by molar-refractivity contribution is -0.110. The van der Waals surface area contributed by atoms with E-state index in [0.717, 1.165) is 56.9 Å². The maximum Gasteiger partial charge on any atom is 0.169 e. The fourth-order valence-corrected chi connectivity index (χ4v) is 6.91. The van der Waals surface area contributed by atoms with Gasteiger partial charge in [-0.15, -0.1) is 10.2 Å². The summed E-state index contributed by atoms with van der Waals surface area (Å²) in [5, 5.41) is 18.8. The van der Waals surface area contributed by atoms with Crippen molar-refractivity contribution in [3.63, 3.8) is 0 Å². The van der Waals surface area contributed by atoms with Gasteiger partial charge in [-0.1, -0.05) is 18.1 Å². The first-order chi connectivity index (χ1) is 19.6. The Bertz CT molecular complexity index is 1430. The summed E-state index contributed by atoms with van der Waals surface area (Å²) < 4.78 is 6.06. The molecule has 4 aliphatic heterocycles. The van der Waals surface area contributed by atoms with E-state index in [1.165, 1.54) is 24.9 Å². The number of anilines is 3. The van der Waals surface area contributed by atoms with Gasteiger partial charge in [0.2, 0.25) is 0 Å². The lowest BCUT2D eigenvalue weighted by atomic mass is 10.00. The van der Waals surface area contributed by atoms with Crippen molar-refractivity contribution in [1.29, 1.82) is 0 Å². The van der Waals surface area contributed by atoms with Crippen LogP contribution in [0.15, 0.2) is 48.7 Å². The minimum Gasteiger partial charge on any atom is -0.507 e. The van der Waals surface area contributed by atoms with Gasteiger partial charge in [0, 0.05) is 55.7 Å². The van der Waals surface area contributed by atoms with Crippen molar-refractivity contribution in [3.8, 4) is 28.8 Å². The number of hydrogen-bond donors (Lipinski definition) is 2. The van der Waals surface area contributed by atoms with Crippen molar-refractivity contribution in [2.24, 2.45) is 0 Å². The Kier molecular flexibility index (Phi) is 6.66. The van der Waals surface area contributed by atoms with E-state index in [9.17, 15) is 5.11 Å². The Morgan fingerprint density at radius 3 is 2.50 bits per heavy atom. The van der Waals surface area contributed by atoms with E-state index in [-0.39, 0.29) is 5.75 Å². The second-order valence-electron chi connectivity index (χ2n) is 11.4. The number of likely N-dealkylation sites (tertiary alicyclic amines) is 1. The number of aromatic nitrogens is 3. The van der Waals surface area contributed by atoms with Gasteiger partial charge in [-0.3, -0.25) is 4.90 Å². The molecular weight excluding hydrogens is 502 g/mol. The topological polar surface area (TPSA) is 104 Å². The van der Waals surface area contributed by atoms with Gasteiger partial charge in [0.05, 0.1) is 30.1 Å². The van der Waals surface area contributed by atoms with E-state index in [0.29, 0.717) is 41.4 Å². The average Bonchev–Trinajstić information content (AvgIpc) is 3.23. The molecular formula is C31H35N7O2. The highest BCUT2D eigenvalue weighted by atomic mass is 16.5. The molecule has 4 aliphatic rings. The number of pyridine rings is 1. The Labute approximate surface area is 235 Å². The number of nitrogens with zero attached hydrogens (tertiary/aromatic N) is 6. The zero-order valence-corrected chi connectivity index (χ0v) is 22.6. The summed E-state index contributed by atoms with van der Waals surface area (Å²) in [7, 11) is 0.